The second kappa shape index (κ2) is 12.1. The van der Waals surface area contributed by atoms with Crippen molar-refractivity contribution < 1.29 is 31.8 Å². The van der Waals surface area contributed by atoms with E-state index in [1.54, 1.807) is 6.92 Å². The van der Waals surface area contributed by atoms with Crippen LogP contribution in [0.1, 0.15) is 20.8 Å². The van der Waals surface area contributed by atoms with Gasteiger partial charge in [-0.15, -0.1) is 0 Å². The first-order chi connectivity index (χ1) is 7.87. The molecule has 0 aliphatic carbocycles. The van der Waals surface area contributed by atoms with Crippen LogP contribution in [0.2, 0.25) is 0 Å². The topological polar surface area (TPSA) is 27.7 Å². The third-order valence-electron chi connectivity index (χ3n) is 1.30. The molecule has 106 valence electrons. The smallest absolute Gasteiger partial charge is 0.372 e. The summed E-state index contributed by atoms with van der Waals surface area (Å²) in [5.74, 6) is 0. The van der Waals surface area contributed by atoms with Crippen LogP contribution in [0.5, 0.6) is 0 Å². The van der Waals surface area contributed by atoms with E-state index in [-0.39, 0.29) is 19.5 Å². The van der Waals surface area contributed by atoms with E-state index in [1.807, 2.05) is 6.92 Å². The van der Waals surface area contributed by atoms with Gasteiger partial charge in [0.25, 0.3) is 0 Å². The highest BCUT2D eigenvalue weighted by molar-refractivity contribution is 4.43. The van der Waals surface area contributed by atoms with E-state index in [0.717, 1.165) is 0 Å². The van der Waals surface area contributed by atoms with E-state index in [1.165, 1.54) is 6.92 Å². The summed E-state index contributed by atoms with van der Waals surface area (Å²) < 4.78 is 58.6. The quantitative estimate of drug-likeness (QED) is 0.522. The van der Waals surface area contributed by atoms with Gasteiger partial charge in [0, 0.05) is 13.2 Å². The first kappa shape index (κ1) is 19.0. The highest BCUT2D eigenvalue weighted by Crippen LogP contribution is 2.13. The molecule has 0 N–H and O–H groups in total. The molecular formula is C10H20F4O3. The molecule has 0 saturated heterocycles. The second-order valence-electron chi connectivity index (χ2n) is 2.84. The molecule has 0 bridgehead atoms. The first-order valence-electron chi connectivity index (χ1n) is 5.31. The fourth-order valence-electron chi connectivity index (χ4n) is 0.711. The van der Waals surface area contributed by atoms with Gasteiger partial charge in [-0.2, -0.15) is 13.2 Å². The minimum atomic E-state index is -4.17. The number of alkyl halides is 4. The Bertz CT molecular complexity index is 153. The zero-order valence-electron chi connectivity index (χ0n) is 10.3. The minimum Gasteiger partial charge on any atom is -0.372 e. The summed E-state index contributed by atoms with van der Waals surface area (Å²) in [6.45, 7) is 4.40. The Labute approximate surface area is 99.0 Å². The number of halogens is 4. The third kappa shape index (κ3) is 21.4. The van der Waals surface area contributed by atoms with Crippen molar-refractivity contribution in [2.45, 2.75) is 33.2 Å². The molecule has 0 aromatic rings. The maximum atomic E-state index is 11.4. The molecule has 0 aliphatic heterocycles. The fraction of sp³-hybridized carbons (Fsp3) is 1.00. The molecule has 0 saturated carbocycles. The lowest BCUT2D eigenvalue weighted by Crippen LogP contribution is -2.16. The van der Waals surface area contributed by atoms with Crippen molar-refractivity contribution in [2.75, 3.05) is 33.1 Å². The Hall–Kier alpha value is -0.400. The molecule has 0 radical (unpaired) electrons. The van der Waals surface area contributed by atoms with E-state index >= 15 is 0 Å². The summed E-state index contributed by atoms with van der Waals surface area (Å²) in [7, 11) is 0. The molecule has 0 aliphatic rings. The highest BCUT2D eigenvalue weighted by Gasteiger charge is 2.26. The van der Waals surface area contributed by atoms with Crippen LogP contribution in [0.4, 0.5) is 17.6 Å². The van der Waals surface area contributed by atoms with Crippen LogP contribution < -0.4 is 0 Å². The van der Waals surface area contributed by atoms with E-state index in [9.17, 15) is 17.6 Å². The molecule has 0 aromatic heterocycles. The molecule has 7 heteroatoms. The van der Waals surface area contributed by atoms with Crippen molar-refractivity contribution in [1.82, 2.24) is 0 Å². The minimum absolute atomic E-state index is 0.111. The van der Waals surface area contributed by atoms with Crippen molar-refractivity contribution >= 4 is 0 Å². The maximum Gasteiger partial charge on any atom is 0.411 e. The van der Waals surface area contributed by atoms with Crippen LogP contribution in [0.3, 0.4) is 0 Å². The lowest BCUT2D eigenvalue weighted by atomic mass is 10.7. The zero-order valence-corrected chi connectivity index (χ0v) is 10.3. The summed E-state index contributed by atoms with van der Waals surface area (Å²) in [6.07, 6.45) is -4.44. The fourth-order valence-corrected chi connectivity index (χ4v) is 0.711. The second-order valence-corrected chi connectivity index (χ2v) is 2.84. The molecule has 0 heterocycles. The van der Waals surface area contributed by atoms with Crippen molar-refractivity contribution in [2.24, 2.45) is 0 Å². The van der Waals surface area contributed by atoms with E-state index < -0.39 is 19.5 Å². The van der Waals surface area contributed by atoms with Crippen molar-refractivity contribution in [3.8, 4) is 0 Å². The predicted molar refractivity (Wildman–Crippen MR) is 55.6 cm³/mol. The van der Waals surface area contributed by atoms with Crippen LogP contribution >= 0.6 is 0 Å². The van der Waals surface area contributed by atoms with Gasteiger partial charge >= 0.3 is 6.18 Å². The summed E-state index contributed by atoms with van der Waals surface area (Å²) in [5, 5.41) is 0. The Kier molecular flexibility index (Phi) is 13.5. The third-order valence-corrected chi connectivity index (χ3v) is 1.30. The Morgan fingerprint density at radius 2 is 1.65 bits per heavy atom. The standard InChI is InChI=1S/C6H13FO2.C4H7F3O/c1-3-8-6(2)9-5-4-7;1-2-8-3-4(5,6)7/h6H,3-5H2,1-2H3;2-3H2,1H3. The summed E-state index contributed by atoms with van der Waals surface area (Å²) in [5.41, 5.74) is 0. The number of ether oxygens (including phenoxy) is 3. The maximum absolute atomic E-state index is 11.4. The van der Waals surface area contributed by atoms with Gasteiger partial charge in [-0.25, -0.2) is 4.39 Å². The van der Waals surface area contributed by atoms with Gasteiger partial charge in [-0.05, 0) is 20.8 Å². The van der Waals surface area contributed by atoms with Crippen LogP contribution in [0.25, 0.3) is 0 Å². The lowest BCUT2D eigenvalue weighted by Gasteiger charge is -2.10. The van der Waals surface area contributed by atoms with E-state index in [0.29, 0.717) is 6.61 Å². The molecular weight excluding hydrogens is 244 g/mol. The van der Waals surface area contributed by atoms with Gasteiger partial charge in [0.05, 0.1) is 6.61 Å². The zero-order chi connectivity index (χ0) is 13.7. The predicted octanol–water partition coefficient (Wildman–Crippen LogP) is 2.94. The average Bonchev–Trinajstić information content (AvgIpc) is 2.24. The summed E-state index contributed by atoms with van der Waals surface area (Å²) in [6, 6.07) is 0. The molecule has 3 nitrogen and oxygen atoms in total. The number of hydrogen-bond donors (Lipinski definition) is 0. The molecule has 0 fully saturated rings. The average molecular weight is 264 g/mol. The van der Waals surface area contributed by atoms with Gasteiger partial charge in [0.1, 0.15) is 13.3 Å². The highest BCUT2D eigenvalue weighted by atomic mass is 19.4. The van der Waals surface area contributed by atoms with Gasteiger partial charge in [-0.3, -0.25) is 0 Å². The van der Waals surface area contributed by atoms with Gasteiger partial charge in [0.2, 0.25) is 0 Å². The van der Waals surface area contributed by atoms with Crippen molar-refractivity contribution in [3.05, 3.63) is 0 Å². The molecule has 0 amide bonds. The van der Waals surface area contributed by atoms with Crippen molar-refractivity contribution in [3.63, 3.8) is 0 Å². The molecule has 0 spiro atoms. The van der Waals surface area contributed by atoms with Crippen molar-refractivity contribution in [1.29, 1.82) is 0 Å². The molecule has 0 aromatic carbocycles. The SMILES string of the molecule is CCOC(C)OCCF.CCOCC(F)(F)F. The lowest BCUT2D eigenvalue weighted by molar-refractivity contribution is -0.172. The number of hydrogen-bond acceptors (Lipinski definition) is 3. The number of rotatable bonds is 7. The molecule has 1 atom stereocenters. The first-order valence-corrected chi connectivity index (χ1v) is 5.31. The Morgan fingerprint density at radius 1 is 1.06 bits per heavy atom. The van der Waals surface area contributed by atoms with Gasteiger partial charge in [-0.1, -0.05) is 0 Å². The monoisotopic (exact) mass is 264 g/mol. The molecule has 1 unspecified atom stereocenters. The van der Waals surface area contributed by atoms with Gasteiger partial charge < -0.3 is 14.2 Å². The Morgan fingerprint density at radius 3 is 1.94 bits per heavy atom. The molecule has 17 heavy (non-hydrogen) atoms. The van der Waals surface area contributed by atoms with Crippen LogP contribution in [0, 0.1) is 0 Å². The summed E-state index contributed by atoms with van der Waals surface area (Å²) in [4.78, 5) is 0. The van der Waals surface area contributed by atoms with Crippen LogP contribution in [0.15, 0.2) is 0 Å². The van der Waals surface area contributed by atoms with E-state index in [2.05, 4.69) is 4.74 Å². The molecule has 0 rings (SSSR count). The Balaban J connectivity index is 0. The largest absolute Gasteiger partial charge is 0.411 e. The van der Waals surface area contributed by atoms with E-state index in [4.69, 9.17) is 9.47 Å². The van der Waals surface area contributed by atoms with Crippen LogP contribution in [-0.4, -0.2) is 45.6 Å². The van der Waals surface area contributed by atoms with Gasteiger partial charge in [0.15, 0.2) is 6.29 Å². The van der Waals surface area contributed by atoms with Crippen LogP contribution in [-0.2, 0) is 14.2 Å². The normalized spacial score (nSPS) is 12.9. The summed E-state index contributed by atoms with van der Waals surface area (Å²) >= 11 is 0.